The summed E-state index contributed by atoms with van der Waals surface area (Å²) in [6.45, 7) is 4.60. The van der Waals surface area contributed by atoms with Crippen LogP contribution in [0.2, 0.25) is 0 Å². The van der Waals surface area contributed by atoms with E-state index in [2.05, 4.69) is 26.0 Å². The molecule has 0 aliphatic heterocycles. The molecule has 0 heterocycles. The molecule has 0 atom stereocenters. The second-order valence-electron chi connectivity index (χ2n) is 9.60. The van der Waals surface area contributed by atoms with Crippen LogP contribution in [0.4, 0.5) is 0 Å². The predicted octanol–water partition coefficient (Wildman–Crippen LogP) is 10.0. The molecule has 0 bridgehead atoms. The van der Waals surface area contributed by atoms with Gasteiger partial charge in [-0.15, -0.1) is 0 Å². The van der Waals surface area contributed by atoms with Crippen molar-refractivity contribution in [2.45, 2.75) is 142 Å². The van der Waals surface area contributed by atoms with Gasteiger partial charge in [0.1, 0.15) is 5.75 Å². The van der Waals surface area contributed by atoms with Crippen LogP contribution in [0.15, 0.2) is 24.3 Å². The van der Waals surface area contributed by atoms with Crippen molar-refractivity contribution < 1.29 is 5.11 Å². The molecule has 0 aliphatic rings. The third kappa shape index (κ3) is 15.8. The molecule has 174 valence electrons. The van der Waals surface area contributed by atoms with E-state index in [0.29, 0.717) is 5.75 Å². The summed E-state index contributed by atoms with van der Waals surface area (Å²) in [5.41, 5.74) is 1.36. The first kappa shape index (κ1) is 27.1. The van der Waals surface area contributed by atoms with Gasteiger partial charge in [0.25, 0.3) is 0 Å². The van der Waals surface area contributed by atoms with E-state index in [-0.39, 0.29) is 0 Å². The van der Waals surface area contributed by atoms with Crippen molar-refractivity contribution in [1.29, 1.82) is 0 Å². The Kier molecular flexibility index (Phi) is 18.0. The average molecular weight is 417 g/mol. The van der Waals surface area contributed by atoms with Crippen molar-refractivity contribution in [3.05, 3.63) is 29.8 Å². The first-order chi connectivity index (χ1) is 14.8. The Morgan fingerprint density at radius 1 is 0.533 bits per heavy atom. The van der Waals surface area contributed by atoms with Crippen LogP contribution < -0.4 is 0 Å². The number of phenolic OH excluding ortho intramolecular Hbond substituents is 1. The highest BCUT2D eigenvalue weighted by atomic mass is 16.3. The molecule has 0 radical (unpaired) electrons. The predicted molar refractivity (Wildman–Crippen MR) is 134 cm³/mol. The van der Waals surface area contributed by atoms with Crippen LogP contribution in [0.1, 0.15) is 141 Å². The lowest BCUT2D eigenvalue weighted by Gasteiger charge is -2.17. The van der Waals surface area contributed by atoms with Crippen molar-refractivity contribution in [2.24, 2.45) is 5.92 Å². The van der Waals surface area contributed by atoms with Gasteiger partial charge < -0.3 is 5.11 Å². The summed E-state index contributed by atoms with van der Waals surface area (Å²) in [4.78, 5) is 0. The molecule has 1 aromatic carbocycles. The van der Waals surface area contributed by atoms with Gasteiger partial charge in [-0.1, -0.05) is 142 Å². The van der Waals surface area contributed by atoms with E-state index in [1.165, 1.54) is 128 Å². The Morgan fingerprint density at radius 3 is 1.40 bits per heavy atom. The summed E-state index contributed by atoms with van der Waals surface area (Å²) in [6, 6.07) is 7.78. The molecule has 1 nitrogen and oxygen atoms in total. The zero-order valence-corrected chi connectivity index (χ0v) is 20.5. The smallest absolute Gasteiger partial charge is 0.115 e. The van der Waals surface area contributed by atoms with Gasteiger partial charge in [0.15, 0.2) is 0 Å². The molecular formula is C29H52O. The van der Waals surface area contributed by atoms with E-state index in [4.69, 9.17) is 0 Å². The number of phenols is 1. The minimum absolute atomic E-state index is 0.378. The molecular weight excluding hydrogens is 364 g/mol. The first-order valence-electron chi connectivity index (χ1n) is 13.5. The van der Waals surface area contributed by atoms with E-state index < -0.39 is 0 Å². The van der Waals surface area contributed by atoms with E-state index in [1.54, 1.807) is 0 Å². The molecule has 1 heteroatoms. The fraction of sp³-hybridized carbons (Fsp3) is 0.793. The maximum absolute atomic E-state index is 9.43. The molecule has 0 aromatic heterocycles. The number of benzene rings is 1. The lowest BCUT2D eigenvalue weighted by atomic mass is 9.89. The molecule has 1 N–H and O–H groups in total. The molecule has 0 spiro atoms. The summed E-state index contributed by atoms with van der Waals surface area (Å²) in [5, 5.41) is 9.43. The SMILES string of the molecule is CCCCCCCCCC(CCCCCCCCC)CCCCc1ccc(O)cc1. The van der Waals surface area contributed by atoms with Crippen LogP contribution in [0.25, 0.3) is 0 Å². The third-order valence-corrected chi connectivity index (χ3v) is 6.70. The highest BCUT2D eigenvalue weighted by molar-refractivity contribution is 5.25. The summed E-state index contributed by atoms with van der Waals surface area (Å²) in [5.74, 6) is 1.33. The molecule has 0 saturated carbocycles. The van der Waals surface area contributed by atoms with Gasteiger partial charge in [-0.3, -0.25) is 0 Å². The zero-order chi connectivity index (χ0) is 21.7. The third-order valence-electron chi connectivity index (χ3n) is 6.70. The van der Waals surface area contributed by atoms with Gasteiger partial charge in [-0.2, -0.15) is 0 Å². The standard InChI is InChI=1S/C29H52O/c1-3-5-7-9-11-13-15-19-27(20-16-14-12-10-8-6-4-2)21-17-18-22-28-23-25-29(30)26-24-28/h23-27,30H,3-22H2,1-2H3. The molecule has 1 rings (SSSR count). The van der Waals surface area contributed by atoms with Crippen molar-refractivity contribution in [3.8, 4) is 5.75 Å². The van der Waals surface area contributed by atoms with Gasteiger partial charge in [-0.25, -0.2) is 0 Å². The van der Waals surface area contributed by atoms with E-state index >= 15 is 0 Å². The Hall–Kier alpha value is -0.980. The summed E-state index contributed by atoms with van der Waals surface area (Å²) in [6.07, 6.45) is 28.2. The molecule has 30 heavy (non-hydrogen) atoms. The van der Waals surface area contributed by atoms with Crippen LogP contribution in [-0.4, -0.2) is 5.11 Å². The minimum Gasteiger partial charge on any atom is -0.508 e. The molecule has 0 fully saturated rings. The van der Waals surface area contributed by atoms with Gasteiger partial charge in [0.05, 0.1) is 0 Å². The number of hydrogen-bond acceptors (Lipinski definition) is 1. The first-order valence-corrected chi connectivity index (χ1v) is 13.5. The van der Waals surface area contributed by atoms with E-state index in [9.17, 15) is 5.11 Å². The summed E-state index contributed by atoms with van der Waals surface area (Å²) >= 11 is 0. The summed E-state index contributed by atoms with van der Waals surface area (Å²) in [7, 11) is 0. The van der Waals surface area contributed by atoms with Crippen molar-refractivity contribution in [2.75, 3.05) is 0 Å². The second kappa shape index (κ2) is 20.0. The fourth-order valence-electron chi connectivity index (χ4n) is 4.64. The normalized spacial score (nSPS) is 11.4. The quantitative estimate of drug-likeness (QED) is 0.198. The molecule has 0 saturated heterocycles. The maximum Gasteiger partial charge on any atom is 0.115 e. The van der Waals surface area contributed by atoms with Gasteiger partial charge in [0, 0.05) is 0 Å². The number of rotatable bonds is 21. The molecule has 0 unspecified atom stereocenters. The van der Waals surface area contributed by atoms with Crippen molar-refractivity contribution in [3.63, 3.8) is 0 Å². The van der Waals surface area contributed by atoms with Gasteiger partial charge in [0.2, 0.25) is 0 Å². The largest absolute Gasteiger partial charge is 0.508 e. The Morgan fingerprint density at radius 2 is 0.933 bits per heavy atom. The highest BCUT2D eigenvalue weighted by Crippen LogP contribution is 2.25. The van der Waals surface area contributed by atoms with Gasteiger partial charge >= 0.3 is 0 Å². The summed E-state index contributed by atoms with van der Waals surface area (Å²) < 4.78 is 0. The topological polar surface area (TPSA) is 20.2 Å². The highest BCUT2D eigenvalue weighted by Gasteiger charge is 2.09. The van der Waals surface area contributed by atoms with E-state index in [0.717, 1.165) is 12.3 Å². The molecule has 0 aliphatic carbocycles. The Labute approximate surface area is 189 Å². The number of aromatic hydroxyl groups is 1. The van der Waals surface area contributed by atoms with Crippen LogP contribution >= 0.6 is 0 Å². The minimum atomic E-state index is 0.378. The lowest BCUT2D eigenvalue weighted by molar-refractivity contribution is 0.368. The molecule has 0 amide bonds. The molecule has 1 aromatic rings. The maximum atomic E-state index is 9.43. The lowest BCUT2D eigenvalue weighted by Crippen LogP contribution is -2.02. The fourth-order valence-corrected chi connectivity index (χ4v) is 4.64. The second-order valence-corrected chi connectivity index (χ2v) is 9.60. The zero-order valence-electron chi connectivity index (χ0n) is 20.5. The number of unbranched alkanes of at least 4 members (excludes halogenated alkanes) is 13. The van der Waals surface area contributed by atoms with E-state index in [1.807, 2.05) is 12.1 Å². The van der Waals surface area contributed by atoms with Crippen molar-refractivity contribution in [1.82, 2.24) is 0 Å². The monoisotopic (exact) mass is 416 g/mol. The Balaban J connectivity index is 2.20. The van der Waals surface area contributed by atoms with Crippen LogP contribution in [-0.2, 0) is 6.42 Å². The van der Waals surface area contributed by atoms with Crippen molar-refractivity contribution >= 4 is 0 Å². The van der Waals surface area contributed by atoms with Crippen LogP contribution in [0.5, 0.6) is 5.75 Å². The van der Waals surface area contributed by atoms with Gasteiger partial charge in [-0.05, 0) is 36.5 Å². The Bertz CT molecular complexity index is 446. The van der Waals surface area contributed by atoms with Crippen LogP contribution in [0.3, 0.4) is 0 Å². The number of hydrogen-bond donors (Lipinski definition) is 1. The average Bonchev–Trinajstić information content (AvgIpc) is 2.76. The van der Waals surface area contributed by atoms with Crippen LogP contribution in [0, 0.1) is 5.92 Å². The number of aryl methyl sites for hydroxylation is 1.